The summed E-state index contributed by atoms with van der Waals surface area (Å²) in [5, 5.41) is 5.36. The summed E-state index contributed by atoms with van der Waals surface area (Å²) in [5.74, 6) is 1.32. The van der Waals surface area contributed by atoms with Gasteiger partial charge in [-0.3, -0.25) is 0 Å². The van der Waals surface area contributed by atoms with Gasteiger partial charge in [-0.2, -0.15) is 0 Å². The van der Waals surface area contributed by atoms with Crippen molar-refractivity contribution in [1.82, 2.24) is 0 Å². The van der Waals surface area contributed by atoms with Crippen LogP contribution in [0.4, 0.5) is 0 Å². The van der Waals surface area contributed by atoms with Crippen molar-refractivity contribution in [3.8, 4) is 11.5 Å². The number of hydrogen-bond donors (Lipinski definition) is 1. The lowest BCUT2D eigenvalue weighted by Gasteiger charge is -2.34. The molecule has 25 heavy (non-hydrogen) atoms. The molecule has 0 spiro atoms. The molecule has 3 aromatic rings. The number of phenolic OH excluding ortho intramolecular Hbond substituents is 1. The van der Waals surface area contributed by atoms with Crippen LogP contribution in [0.2, 0.25) is 5.02 Å². The topological polar surface area (TPSA) is 29.5 Å². The predicted octanol–water partition coefficient (Wildman–Crippen LogP) is 6.32. The zero-order valence-corrected chi connectivity index (χ0v) is 15.2. The molecular formula is C21H17ClO2S. The first-order chi connectivity index (χ1) is 12.7. The SMILES string of the molecule is [3H]Oc1ccc([C@H]2Oc3cc(Cl)c(C)cc3S[C@H]2c2ccccc2)cc1. The highest BCUT2D eigenvalue weighted by Gasteiger charge is 2.33. The smallest absolute Gasteiger partial charge is 0.293 e. The summed E-state index contributed by atoms with van der Waals surface area (Å²) in [6, 6.07) is 21.8. The van der Waals surface area contributed by atoms with E-state index in [0.29, 0.717) is 10.8 Å². The Kier molecular flexibility index (Phi) is 4.04. The monoisotopic (exact) mass is 370 g/mol. The predicted molar refractivity (Wildman–Crippen MR) is 103 cm³/mol. The molecule has 0 fully saturated rings. The molecule has 0 aliphatic carbocycles. The van der Waals surface area contributed by atoms with Crippen LogP contribution in [0.5, 0.6) is 11.5 Å². The Balaban J connectivity index is 1.78. The number of phenols is 1. The second kappa shape index (κ2) is 6.66. The van der Waals surface area contributed by atoms with E-state index >= 15 is 0 Å². The number of hydrogen-bond acceptors (Lipinski definition) is 3. The summed E-state index contributed by atoms with van der Waals surface area (Å²) in [6.07, 6.45) is -0.159. The largest absolute Gasteiger partial charge is 0.508 e. The van der Waals surface area contributed by atoms with E-state index in [4.69, 9.17) is 17.8 Å². The number of fused-ring (bicyclic) bond motifs is 1. The fourth-order valence-electron chi connectivity index (χ4n) is 3.00. The minimum absolute atomic E-state index is 0.118. The van der Waals surface area contributed by atoms with Crippen LogP contribution in [0, 0.1) is 6.92 Å². The standard InChI is InChI=1S/C21H17ClO2S/c1-13-11-19-18(12-17(13)22)24-20(14-7-9-16(23)10-8-14)21(25-19)15-5-3-2-4-6-15/h2-12,20-21,23H,1H3/t20-,21+/m1/s1/i/hT. The molecule has 4 heteroatoms. The second-order valence-corrected chi connectivity index (χ2v) is 7.70. The van der Waals surface area contributed by atoms with Crippen molar-refractivity contribution in [2.75, 3.05) is 0 Å². The first kappa shape index (κ1) is 15.2. The van der Waals surface area contributed by atoms with Crippen LogP contribution in [0.25, 0.3) is 0 Å². The van der Waals surface area contributed by atoms with E-state index in [0.717, 1.165) is 21.8 Å². The third kappa shape index (κ3) is 3.22. The number of ether oxygens (including phenoxy) is 1. The van der Waals surface area contributed by atoms with Crippen molar-refractivity contribution >= 4 is 23.4 Å². The van der Waals surface area contributed by atoms with Gasteiger partial charge in [0, 0.05) is 11.1 Å². The molecule has 0 aromatic heterocycles. The van der Waals surface area contributed by atoms with Crippen molar-refractivity contribution in [2.45, 2.75) is 23.2 Å². The molecule has 0 bridgehead atoms. The average Bonchev–Trinajstić information content (AvgIpc) is 2.69. The van der Waals surface area contributed by atoms with Crippen LogP contribution in [-0.2, 0) is 0 Å². The van der Waals surface area contributed by atoms with Gasteiger partial charge >= 0.3 is 0 Å². The Labute approximate surface area is 157 Å². The highest BCUT2D eigenvalue weighted by Crippen LogP contribution is 2.54. The van der Waals surface area contributed by atoms with Gasteiger partial charge in [-0.15, -0.1) is 11.8 Å². The number of rotatable bonds is 3. The Morgan fingerprint density at radius 1 is 1.04 bits per heavy atom. The molecule has 1 aliphatic rings. The maximum absolute atomic E-state index is 7.02. The van der Waals surface area contributed by atoms with E-state index < -0.39 is 0 Å². The first-order valence-electron chi connectivity index (χ1n) is 8.48. The van der Waals surface area contributed by atoms with Crippen LogP contribution in [0.1, 0.15) is 28.0 Å². The summed E-state index contributed by atoms with van der Waals surface area (Å²) >= 11 is 8.10. The van der Waals surface area contributed by atoms with Crippen LogP contribution in [0.3, 0.4) is 0 Å². The van der Waals surface area contributed by atoms with E-state index in [2.05, 4.69) is 23.3 Å². The van der Waals surface area contributed by atoms with E-state index in [9.17, 15) is 0 Å². The van der Waals surface area contributed by atoms with E-state index in [1.165, 1.54) is 5.56 Å². The van der Waals surface area contributed by atoms with Gasteiger partial charge in [-0.05, 0) is 41.8 Å². The Morgan fingerprint density at radius 2 is 1.80 bits per heavy atom. The molecule has 1 aliphatic heterocycles. The molecule has 1 heterocycles. The molecule has 2 nitrogen and oxygen atoms in total. The van der Waals surface area contributed by atoms with Gasteiger partial charge in [0.25, 0.3) is 1.43 Å². The van der Waals surface area contributed by atoms with Crippen molar-refractivity contribution in [2.24, 2.45) is 0 Å². The maximum Gasteiger partial charge on any atom is 0.293 e. The van der Waals surface area contributed by atoms with Crippen molar-refractivity contribution in [3.63, 3.8) is 0 Å². The molecular weight excluding hydrogens is 352 g/mol. The number of benzene rings is 3. The Morgan fingerprint density at radius 3 is 2.52 bits per heavy atom. The highest BCUT2D eigenvalue weighted by atomic mass is 35.5. The maximum atomic E-state index is 7.02. The number of halogens is 1. The highest BCUT2D eigenvalue weighted by molar-refractivity contribution is 7.99. The Hall–Kier alpha value is -2.10. The molecule has 126 valence electrons. The molecule has 0 unspecified atom stereocenters. The minimum atomic E-state index is -0.159. The van der Waals surface area contributed by atoms with Crippen molar-refractivity contribution in [1.29, 1.82) is 1.43 Å². The molecule has 1 N–H and O–H groups in total. The summed E-state index contributed by atoms with van der Waals surface area (Å²) < 4.78 is 13.4. The van der Waals surface area contributed by atoms with Gasteiger partial charge in [-0.1, -0.05) is 54.1 Å². The van der Waals surface area contributed by atoms with E-state index in [1.54, 1.807) is 23.9 Å². The minimum Gasteiger partial charge on any atom is -0.508 e. The second-order valence-electron chi connectivity index (χ2n) is 6.10. The molecule has 4 rings (SSSR count). The number of aromatic hydroxyl groups is 1. The van der Waals surface area contributed by atoms with E-state index in [1.807, 2.05) is 43.3 Å². The zero-order valence-electron chi connectivity index (χ0n) is 14.6. The van der Waals surface area contributed by atoms with Gasteiger partial charge in [0.05, 0.1) is 10.1 Å². The lowest BCUT2D eigenvalue weighted by Crippen LogP contribution is -2.19. The molecule has 3 aromatic carbocycles. The lowest BCUT2D eigenvalue weighted by atomic mass is 10.00. The number of thioether (sulfide) groups is 1. The quantitative estimate of drug-likeness (QED) is 0.584. The molecule has 0 saturated carbocycles. The van der Waals surface area contributed by atoms with Gasteiger partial charge in [0.1, 0.15) is 17.6 Å². The zero-order chi connectivity index (χ0) is 18.1. The van der Waals surface area contributed by atoms with Crippen molar-refractivity contribution < 1.29 is 9.85 Å². The fraction of sp³-hybridized carbons (Fsp3) is 0.143. The number of aryl methyl sites for hydroxylation is 1. The molecule has 0 saturated heterocycles. The van der Waals surface area contributed by atoms with Crippen LogP contribution < -0.4 is 4.74 Å². The Bertz CT molecular complexity index is 915. The fourth-order valence-corrected chi connectivity index (χ4v) is 4.53. The summed E-state index contributed by atoms with van der Waals surface area (Å²) in [5.41, 5.74) is 3.29. The van der Waals surface area contributed by atoms with Gasteiger partial charge in [-0.25, -0.2) is 0 Å². The van der Waals surface area contributed by atoms with Crippen LogP contribution in [-0.4, -0.2) is 6.54 Å². The lowest BCUT2D eigenvalue weighted by molar-refractivity contribution is 0.191. The third-order valence-corrected chi connectivity index (χ3v) is 6.10. The average molecular weight is 371 g/mol. The van der Waals surface area contributed by atoms with Crippen LogP contribution in [0.15, 0.2) is 71.6 Å². The van der Waals surface area contributed by atoms with Gasteiger partial charge in [0.2, 0.25) is 0 Å². The summed E-state index contributed by atoms with van der Waals surface area (Å²) in [7, 11) is 0. The third-order valence-electron chi connectivity index (χ3n) is 4.34. The summed E-state index contributed by atoms with van der Waals surface area (Å²) in [4.78, 5) is 1.10. The van der Waals surface area contributed by atoms with Gasteiger partial charge < -0.3 is 9.85 Å². The molecule has 2 atom stereocenters. The van der Waals surface area contributed by atoms with Gasteiger partial charge in [0.15, 0.2) is 0 Å². The van der Waals surface area contributed by atoms with Crippen LogP contribution >= 0.6 is 23.4 Å². The van der Waals surface area contributed by atoms with Crippen molar-refractivity contribution in [3.05, 3.63) is 88.4 Å². The van der Waals surface area contributed by atoms with E-state index in [-0.39, 0.29) is 11.4 Å². The normalized spacial score (nSPS) is 19.5. The molecule has 0 radical (unpaired) electrons. The summed E-state index contributed by atoms with van der Waals surface area (Å²) in [6.45, 7) is 2.01. The first-order valence-corrected chi connectivity index (χ1v) is 9.33. The molecule has 0 amide bonds.